The van der Waals surface area contributed by atoms with Crippen LogP contribution in [0.4, 0.5) is 0 Å². The summed E-state index contributed by atoms with van der Waals surface area (Å²) in [5, 5.41) is 2.62. The predicted molar refractivity (Wildman–Crippen MR) is 116 cm³/mol. The van der Waals surface area contributed by atoms with Crippen molar-refractivity contribution in [3.05, 3.63) is 54.1 Å². The molecular weight excluding hydrogens is 344 g/mol. The highest BCUT2D eigenvalue weighted by atomic mass is 16.7. The van der Waals surface area contributed by atoms with Gasteiger partial charge in [0, 0.05) is 13.0 Å². The molecule has 2 aromatic rings. The molecule has 2 heteroatoms. The zero-order chi connectivity index (χ0) is 19.2. The second kappa shape index (κ2) is 9.41. The summed E-state index contributed by atoms with van der Waals surface area (Å²) in [6, 6.07) is 15.3. The van der Waals surface area contributed by atoms with Gasteiger partial charge in [0.05, 0.1) is 6.10 Å². The maximum atomic E-state index is 6.34. The summed E-state index contributed by atoms with van der Waals surface area (Å²) < 4.78 is 12.2. The van der Waals surface area contributed by atoms with Gasteiger partial charge < -0.3 is 9.47 Å². The number of ether oxygens (including phenoxy) is 2. The monoisotopic (exact) mass is 374 g/mol. The Morgan fingerprint density at radius 3 is 2.79 bits per heavy atom. The second-order valence-electron chi connectivity index (χ2n) is 7.99. The van der Waals surface area contributed by atoms with Crippen LogP contribution in [0, 0.1) is 18.3 Å². The Bertz CT molecular complexity index is 849. The van der Waals surface area contributed by atoms with E-state index in [1.54, 1.807) is 0 Å². The molecule has 0 amide bonds. The summed E-state index contributed by atoms with van der Waals surface area (Å²) >= 11 is 0. The lowest BCUT2D eigenvalue weighted by molar-refractivity contribution is -0.180. The van der Waals surface area contributed by atoms with Gasteiger partial charge in [-0.3, -0.25) is 0 Å². The zero-order valence-electron chi connectivity index (χ0n) is 16.6. The summed E-state index contributed by atoms with van der Waals surface area (Å²) in [7, 11) is 0. The molecular formula is C26H30O2. The zero-order valence-corrected chi connectivity index (χ0v) is 16.6. The van der Waals surface area contributed by atoms with Crippen molar-refractivity contribution in [1.29, 1.82) is 0 Å². The number of unbranched alkanes of at least 4 members (excludes halogenated alkanes) is 1. The number of hydrogen-bond acceptors (Lipinski definition) is 2. The van der Waals surface area contributed by atoms with Crippen LogP contribution < -0.4 is 0 Å². The summed E-state index contributed by atoms with van der Waals surface area (Å²) in [6.07, 6.45) is 16.6. The normalized spacial score (nSPS) is 25.2. The van der Waals surface area contributed by atoms with Crippen LogP contribution in [0.1, 0.15) is 56.9 Å². The quantitative estimate of drug-likeness (QED) is 0.433. The van der Waals surface area contributed by atoms with Gasteiger partial charge in [-0.2, -0.15) is 0 Å². The lowest BCUT2D eigenvalue weighted by atomic mass is 9.78. The van der Waals surface area contributed by atoms with Gasteiger partial charge in [-0.05, 0) is 72.8 Å². The van der Waals surface area contributed by atoms with Gasteiger partial charge in [-0.25, -0.2) is 0 Å². The Morgan fingerprint density at radius 2 is 1.93 bits per heavy atom. The average molecular weight is 375 g/mol. The molecule has 4 rings (SSSR count). The number of benzene rings is 2. The first kappa shape index (κ1) is 19.2. The number of hydrogen-bond donors (Lipinski definition) is 0. The van der Waals surface area contributed by atoms with Gasteiger partial charge in [-0.15, -0.1) is 12.3 Å². The number of allylic oxidation sites excluding steroid dienone is 1. The smallest absolute Gasteiger partial charge is 0.158 e. The molecule has 28 heavy (non-hydrogen) atoms. The highest BCUT2D eigenvalue weighted by molar-refractivity contribution is 5.94. The second-order valence-corrected chi connectivity index (χ2v) is 7.99. The van der Waals surface area contributed by atoms with Crippen molar-refractivity contribution < 1.29 is 9.47 Å². The SMILES string of the molecule is C#CCCCC1CCC(OC2CCCCO2)C=C1c1cccc2ccccc12. The first-order chi connectivity index (χ1) is 13.8. The lowest BCUT2D eigenvalue weighted by Gasteiger charge is -2.33. The minimum absolute atomic E-state index is 0.0400. The van der Waals surface area contributed by atoms with E-state index in [2.05, 4.69) is 54.5 Å². The van der Waals surface area contributed by atoms with Gasteiger partial charge in [0.25, 0.3) is 0 Å². The summed E-state index contributed by atoms with van der Waals surface area (Å²) in [6.45, 7) is 0.825. The third kappa shape index (κ3) is 4.49. The van der Waals surface area contributed by atoms with E-state index in [1.807, 2.05) is 0 Å². The minimum atomic E-state index is -0.0400. The molecule has 2 aromatic carbocycles. The van der Waals surface area contributed by atoms with Crippen LogP contribution in [0.15, 0.2) is 48.5 Å². The fourth-order valence-corrected chi connectivity index (χ4v) is 4.60. The van der Waals surface area contributed by atoms with Crippen molar-refractivity contribution in [3.8, 4) is 12.3 Å². The van der Waals surface area contributed by atoms with Crippen molar-refractivity contribution in [2.24, 2.45) is 5.92 Å². The lowest BCUT2D eigenvalue weighted by Crippen LogP contribution is -2.29. The molecule has 0 bridgehead atoms. The van der Waals surface area contributed by atoms with Gasteiger partial charge in [0.15, 0.2) is 6.29 Å². The molecule has 3 atom stereocenters. The fourth-order valence-electron chi connectivity index (χ4n) is 4.60. The van der Waals surface area contributed by atoms with Crippen LogP contribution in [-0.2, 0) is 9.47 Å². The molecule has 146 valence electrons. The van der Waals surface area contributed by atoms with E-state index >= 15 is 0 Å². The minimum Gasteiger partial charge on any atom is -0.353 e. The largest absolute Gasteiger partial charge is 0.353 e. The standard InChI is InChI=1S/C26H30O2/c1-2-3-4-10-21-16-17-22(28-26-15-7-8-18-27-26)19-25(21)24-14-9-12-20-11-5-6-13-23(20)24/h1,5-6,9,11-14,19,21-22,26H,3-4,7-8,10,15-18H2. The molecule has 1 saturated heterocycles. The highest BCUT2D eigenvalue weighted by Crippen LogP contribution is 2.39. The molecule has 0 spiro atoms. The van der Waals surface area contributed by atoms with Gasteiger partial charge in [0.2, 0.25) is 0 Å². The first-order valence-corrected chi connectivity index (χ1v) is 10.8. The molecule has 2 aliphatic rings. The fraction of sp³-hybridized carbons (Fsp3) is 0.462. The Kier molecular flexibility index (Phi) is 6.47. The molecule has 1 fully saturated rings. The first-order valence-electron chi connectivity index (χ1n) is 10.8. The van der Waals surface area contributed by atoms with Crippen LogP contribution >= 0.6 is 0 Å². The third-order valence-corrected chi connectivity index (χ3v) is 6.04. The van der Waals surface area contributed by atoms with Crippen LogP contribution in [0.5, 0.6) is 0 Å². The van der Waals surface area contributed by atoms with Crippen molar-refractivity contribution in [2.45, 2.75) is 63.8 Å². The van der Waals surface area contributed by atoms with Crippen LogP contribution in [0.25, 0.3) is 16.3 Å². The van der Waals surface area contributed by atoms with Crippen molar-refractivity contribution in [3.63, 3.8) is 0 Å². The topological polar surface area (TPSA) is 18.5 Å². The van der Waals surface area contributed by atoms with E-state index in [1.165, 1.54) is 28.3 Å². The molecule has 2 nitrogen and oxygen atoms in total. The van der Waals surface area contributed by atoms with E-state index in [4.69, 9.17) is 15.9 Å². The summed E-state index contributed by atoms with van der Waals surface area (Å²) in [5.41, 5.74) is 2.78. The summed E-state index contributed by atoms with van der Waals surface area (Å²) in [5.74, 6) is 3.34. The van der Waals surface area contributed by atoms with Crippen LogP contribution in [-0.4, -0.2) is 19.0 Å². The van der Waals surface area contributed by atoms with Crippen molar-refractivity contribution in [2.75, 3.05) is 6.61 Å². The number of terminal acetylenes is 1. The third-order valence-electron chi connectivity index (χ3n) is 6.04. The molecule has 1 aliphatic carbocycles. The Hall–Kier alpha value is -2.08. The van der Waals surface area contributed by atoms with Crippen molar-refractivity contribution >= 4 is 16.3 Å². The molecule has 3 unspecified atom stereocenters. The molecule has 1 aliphatic heterocycles. The number of fused-ring (bicyclic) bond motifs is 1. The van der Waals surface area contributed by atoms with Crippen molar-refractivity contribution in [1.82, 2.24) is 0 Å². The van der Waals surface area contributed by atoms with E-state index in [0.29, 0.717) is 5.92 Å². The average Bonchev–Trinajstić information content (AvgIpc) is 2.75. The maximum absolute atomic E-state index is 6.34. The van der Waals surface area contributed by atoms with Crippen LogP contribution in [0.2, 0.25) is 0 Å². The molecule has 0 N–H and O–H groups in total. The predicted octanol–water partition coefficient (Wildman–Crippen LogP) is 6.35. The summed E-state index contributed by atoms with van der Waals surface area (Å²) in [4.78, 5) is 0. The van der Waals surface area contributed by atoms with E-state index in [9.17, 15) is 0 Å². The van der Waals surface area contributed by atoms with Crippen LogP contribution in [0.3, 0.4) is 0 Å². The van der Waals surface area contributed by atoms with E-state index < -0.39 is 0 Å². The Morgan fingerprint density at radius 1 is 1.04 bits per heavy atom. The highest BCUT2D eigenvalue weighted by Gasteiger charge is 2.27. The molecule has 1 heterocycles. The number of rotatable bonds is 6. The van der Waals surface area contributed by atoms with E-state index in [-0.39, 0.29) is 12.4 Å². The Balaban J connectivity index is 1.63. The Labute approximate surface area is 168 Å². The molecule has 0 aromatic heterocycles. The van der Waals surface area contributed by atoms with Gasteiger partial charge >= 0.3 is 0 Å². The molecule has 0 radical (unpaired) electrons. The van der Waals surface area contributed by atoms with Gasteiger partial charge in [0.1, 0.15) is 0 Å². The van der Waals surface area contributed by atoms with E-state index in [0.717, 1.165) is 51.6 Å². The maximum Gasteiger partial charge on any atom is 0.158 e. The van der Waals surface area contributed by atoms with Gasteiger partial charge in [-0.1, -0.05) is 48.5 Å². The molecule has 0 saturated carbocycles.